The number of likely N-dealkylation sites (tertiary alicyclic amines) is 1. The Morgan fingerprint density at radius 2 is 1.44 bits per heavy atom. The highest BCUT2D eigenvalue weighted by Gasteiger charge is 2.28. The number of piperidine rings is 1. The number of urea groups is 1. The van der Waals surface area contributed by atoms with Crippen LogP contribution in [0.15, 0.2) is 0 Å². The van der Waals surface area contributed by atoms with Crippen LogP contribution in [0.5, 0.6) is 0 Å². The van der Waals surface area contributed by atoms with Gasteiger partial charge in [0.2, 0.25) is 0 Å². The lowest BCUT2D eigenvalue weighted by Crippen LogP contribution is -2.54. The van der Waals surface area contributed by atoms with E-state index in [0.717, 1.165) is 52.1 Å². The van der Waals surface area contributed by atoms with Crippen molar-refractivity contribution >= 4 is 6.03 Å². The molecule has 18 heavy (non-hydrogen) atoms. The van der Waals surface area contributed by atoms with E-state index in [0.29, 0.717) is 6.04 Å². The van der Waals surface area contributed by atoms with Crippen LogP contribution in [0.4, 0.5) is 4.79 Å². The van der Waals surface area contributed by atoms with Crippen LogP contribution in [0, 0.1) is 0 Å². The molecule has 0 unspecified atom stereocenters. The SMILES string of the molecule is CN1CCC(N(C)C(=O)N2CCN(C)CC2)CC1. The molecule has 0 saturated carbocycles. The number of carbonyl (C=O) groups excluding carboxylic acids is 1. The molecule has 2 rings (SSSR count). The molecule has 104 valence electrons. The Balaban J connectivity index is 1.84. The van der Waals surface area contributed by atoms with Gasteiger partial charge in [0.15, 0.2) is 0 Å². The molecule has 0 aromatic rings. The monoisotopic (exact) mass is 254 g/mol. The summed E-state index contributed by atoms with van der Waals surface area (Å²) in [5.74, 6) is 0. The number of amides is 2. The van der Waals surface area contributed by atoms with Gasteiger partial charge in [-0.25, -0.2) is 4.79 Å². The Morgan fingerprint density at radius 3 is 2.00 bits per heavy atom. The molecule has 2 aliphatic heterocycles. The molecule has 0 aliphatic carbocycles. The van der Waals surface area contributed by atoms with Gasteiger partial charge in [-0.1, -0.05) is 0 Å². The minimum atomic E-state index is 0.220. The van der Waals surface area contributed by atoms with E-state index in [9.17, 15) is 4.79 Å². The van der Waals surface area contributed by atoms with Crippen molar-refractivity contribution in [2.75, 3.05) is 60.4 Å². The highest BCUT2D eigenvalue weighted by Crippen LogP contribution is 2.16. The molecule has 0 spiro atoms. The summed E-state index contributed by atoms with van der Waals surface area (Å²) >= 11 is 0. The summed E-state index contributed by atoms with van der Waals surface area (Å²) in [7, 11) is 6.23. The number of nitrogens with zero attached hydrogens (tertiary/aromatic N) is 4. The highest BCUT2D eigenvalue weighted by molar-refractivity contribution is 5.74. The van der Waals surface area contributed by atoms with Crippen LogP contribution in [-0.2, 0) is 0 Å². The predicted octanol–water partition coefficient (Wildman–Crippen LogP) is 0.380. The summed E-state index contributed by atoms with van der Waals surface area (Å²) in [4.78, 5) is 21.0. The van der Waals surface area contributed by atoms with Gasteiger partial charge in [0.1, 0.15) is 0 Å². The lowest BCUT2D eigenvalue weighted by molar-refractivity contribution is 0.100. The molecule has 2 fully saturated rings. The standard InChI is InChI=1S/C13H26N4O/c1-14-6-4-12(5-7-14)16(3)13(18)17-10-8-15(2)9-11-17/h12H,4-11H2,1-3H3. The van der Waals surface area contributed by atoms with E-state index >= 15 is 0 Å². The molecule has 0 aromatic heterocycles. The summed E-state index contributed by atoms with van der Waals surface area (Å²) in [5, 5.41) is 0. The van der Waals surface area contributed by atoms with Gasteiger partial charge in [-0.15, -0.1) is 0 Å². The van der Waals surface area contributed by atoms with Gasteiger partial charge in [-0.2, -0.15) is 0 Å². The summed E-state index contributed by atoms with van der Waals surface area (Å²) in [6.45, 7) is 5.93. The van der Waals surface area contributed by atoms with E-state index in [1.807, 2.05) is 16.8 Å². The smallest absolute Gasteiger partial charge is 0.320 e. The molecule has 0 aromatic carbocycles. The molecule has 5 heteroatoms. The molecular weight excluding hydrogens is 228 g/mol. The molecule has 2 heterocycles. The lowest BCUT2D eigenvalue weighted by atomic mass is 10.0. The Hall–Kier alpha value is -0.810. The second-order valence-electron chi connectivity index (χ2n) is 5.72. The van der Waals surface area contributed by atoms with Crippen molar-refractivity contribution in [3.63, 3.8) is 0 Å². The van der Waals surface area contributed by atoms with Crippen molar-refractivity contribution in [3.05, 3.63) is 0 Å². The van der Waals surface area contributed by atoms with Gasteiger partial charge in [-0.3, -0.25) is 0 Å². The highest BCUT2D eigenvalue weighted by atomic mass is 16.2. The van der Waals surface area contributed by atoms with Gasteiger partial charge in [0.05, 0.1) is 0 Å². The molecule has 0 atom stereocenters. The maximum atomic E-state index is 12.4. The zero-order valence-electron chi connectivity index (χ0n) is 11.9. The minimum Gasteiger partial charge on any atom is -0.325 e. The molecule has 2 aliphatic rings. The number of hydrogen-bond acceptors (Lipinski definition) is 3. The van der Waals surface area contributed by atoms with E-state index < -0.39 is 0 Å². The summed E-state index contributed by atoms with van der Waals surface area (Å²) in [6.07, 6.45) is 2.21. The average Bonchev–Trinajstić information content (AvgIpc) is 2.39. The molecule has 2 amide bonds. The third-order valence-corrected chi connectivity index (χ3v) is 4.31. The summed E-state index contributed by atoms with van der Waals surface area (Å²) < 4.78 is 0. The predicted molar refractivity (Wildman–Crippen MR) is 72.7 cm³/mol. The Labute approximate surface area is 110 Å². The minimum absolute atomic E-state index is 0.220. The first-order valence-corrected chi connectivity index (χ1v) is 6.97. The van der Waals surface area contributed by atoms with Crippen molar-refractivity contribution in [3.8, 4) is 0 Å². The van der Waals surface area contributed by atoms with Gasteiger partial charge < -0.3 is 19.6 Å². The molecular formula is C13H26N4O. The van der Waals surface area contributed by atoms with Crippen LogP contribution in [0.25, 0.3) is 0 Å². The van der Waals surface area contributed by atoms with Gasteiger partial charge in [0.25, 0.3) is 0 Å². The van der Waals surface area contributed by atoms with Crippen molar-refractivity contribution in [2.24, 2.45) is 0 Å². The van der Waals surface area contributed by atoms with Crippen molar-refractivity contribution < 1.29 is 4.79 Å². The van der Waals surface area contributed by atoms with Crippen molar-refractivity contribution in [1.82, 2.24) is 19.6 Å². The van der Waals surface area contributed by atoms with Gasteiger partial charge in [0, 0.05) is 39.3 Å². The maximum absolute atomic E-state index is 12.4. The second-order valence-corrected chi connectivity index (χ2v) is 5.72. The zero-order valence-corrected chi connectivity index (χ0v) is 11.9. The maximum Gasteiger partial charge on any atom is 0.320 e. The van der Waals surface area contributed by atoms with Gasteiger partial charge in [-0.05, 0) is 40.0 Å². The Kier molecular flexibility index (Phi) is 4.45. The first-order valence-electron chi connectivity index (χ1n) is 6.97. The van der Waals surface area contributed by atoms with E-state index in [-0.39, 0.29) is 6.03 Å². The van der Waals surface area contributed by atoms with Crippen LogP contribution in [-0.4, -0.2) is 92.1 Å². The second kappa shape index (κ2) is 5.89. The largest absolute Gasteiger partial charge is 0.325 e. The third-order valence-electron chi connectivity index (χ3n) is 4.31. The molecule has 0 N–H and O–H groups in total. The summed E-state index contributed by atoms with van der Waals surface area (Å²) in [5.41, 5.74) is 0. The number of likely N-dealkylation sites (N-methyl/N-ethyl adjacent to an activating group) is 1. The number of piperazine rings is 1. The van der Waals surface area contributed by atoms with Gasteiger partial charge >= 0.3 is 6.03 Å². The topological polar surface area (TPSA) is 30.0 Å². The van der Waals surface area contributed by atoms with Crippen LogP contribution in [0.3, 0.4) is 0 Å². The number of hydrogen-bond donors (Lipinski definition) is 0. The fourth-order valence-electron chi connectivity index (χ4n) is 2.76. The average molecular weight is 254 g/mol. The van der Waals surface area contributed by atoms with Crippen LogP contribution in [0.1, 0.15) is 12.8 Å². The first-order chi connectivity index (χ1) is 8.58. The van der Waals surface area contributed by atoms with E-state index in [2.05, 4.69) is 23.9 Å². The van der Waals surface area contributed by atoms with Crippen LogP contribution < -0.4 is 0 Å². The third kappa shape index (κ3) is 3.14. The van der Waals surface area contributed by atoms with E-state index in [1.54, 1.807) is 0 Å². The molecule has 0 radical (unpaired) electrons. The zero-order chi connectivity index (χ0) is 13.1. The van der Waals surface area contributed by atoms with Crippen LogP contribution in [0.2, 0.25) is 0 Å². The number of rotatable bonds is 1. The normalized spacial score (nSPS) is 24.3. The Bertz CT molecular complexity index is 281. The quantitative estimate of drug-likeness (QED) is 0.678. The first kappa shape index (κ1) is 13.6. The van der Waals surface area contributed by atoms with E-state index in [1.165, 1.54) is 0 Å². The van der Waals surface area contributed by atoms with Crippen molar-refractivity contribution in [2.45, 2.75) is 18.9 Å². The summed E-state index contributed by atoms with van der Waals surface area (Å²) in [6, 6.07) is 0.644. The molecule has 5 nitrogen and oxygen atoms in total. The lowest BCUT2D eigenvalue weighted by Gasteiger charge is -2.40. The number of carbonyl (C=O) groups is 1. The van der Waals surface area contributed by atoms with Crippen LogP contribution >= 0.6 is 0 Å². The fraction of sp³-hybridized carbons (Fsp3) is 0.923. The van der Waals surface area contributed by atoms with Crippen molar-refractivity contribution in [1.29, 1.82) is 0 Å². The Morgan fingerprint density at radius 1 is 0.944 bits per heavy atom. The van der Waals surface area contributed by atoms with E-state index in [4.69, 9.17) is 0 Å². The fourth-order valence-corrected chi connectivity index (χ4v) is 2.76. The molecule has 2 saturated heterocycles. The molecule has 0 bridgehead atoms.